The summed E-state index contributed by atoms with van der Waals surface area (Å²) < 4.78 is 22.6. The van der Waals surface area contributed by atoms with E-state index in [1.165, 1.54) is 0 Å². The van der Waals surface area contributed by atoms with E-state index in [1.54, 1.807) is 18.9 Å². The SMILES string of the molecule is COc1cccc2c1OCC(c1nnc(COC3CN(C(C)=O)C3)o1)C2. The highest BCUT2D eigenvalue weighted by atomic mass is 16.5. The standard InChI is InChI=1S/C18H21N3O5/c1-11(22)21-7-14(8-21)24-10-16-19-20-18(26-16)13-6-12-4-3-5-15(23-2)17(12)25-9-13/h3-5,13-14H,6-10H2,1-2H3. The van der Waals surface area contributed by atoms with Crippen molar-refractivity contribution < 1.29 is 23.4 Å². The molecule has 2 aliphatic heterocycles. The van der Waals surface area contributed by atoms with Crippen LogP contribution < -0.4 is 9.47 Å². The monoisotopic (exact) mass is 359 g/mol. The van der Waals surface area contributed by atoms with Gasteiger partial charge in [-0.15, -0.1) is 10.2 Å². The summed E-state index contributed by atoms with van der Waals surface area (Å²) in [6, 6.07) is 5.84. The van der Waals surface area contributed by atoms with Crippen molar-refractivity contribution in [2.24, 2.45) is 0 Å². The van der Waals surface area contributed by atoms with Crippen molar-refractivity contribution in [2.75, 3.05) is 26.8 Å². The minimum Gasteiger partial charge on any atom is -0.493 e. The summed E-state index contributed by atoms with van der Waals surface area (Å²) in [5, 5.41) is 8.21. The Bertz CT molecular complexity index is 800. The van der Waals surface area contributed by atoms with Crippen molar-refractivity contribution in [3.05, 3.63) is 35.5 Å². The van der Waals surface area contributed by atoms with Gasteiger partial charge in [0.05, 0.1) is 19.1 Å². The number of carbonyl (C=O) groups is 1. The maximum Gasteiger partial charge on any atom is 0.242 e. The Labute approximate surface area is 151 Å². The molecule has 0 saturated carbocycles. The van der Waals surface area contributed by atoms with Crippen LogP contribution in [-0.2, 0) is 22.6 Å². The summed E-state index contributed by atoms with van der Waals surface area (Å²) >= 11 is 0. The molecule has 0 radical (unpaired) electrons. The van der Waals surface area contributed by atoms with E-state index in [2.05, 4.69) is 10.2 Å². The minimum atomic E-state index is 0.00719. The van der Waals surface area contributed by atoms with Crippen LogP contribution in [0, 0.1) is 0 Å². The first kappa shape index (κ1) is 16.8. The predicted octanol–water partition coefficient (Wildman–Crippen LogP) is 1.54. The summed E-state index contributed by atoms with van der Waals surface area (Å²) in [6.07, 6.45) is 0.789. The molecule has 3 heterocycles. The molecule has 1 aromatic carbocycles. The van der Waals surface area contributed by atoms with Gasteiger partial charge in [0, 0.05) is 20.0 Å². The topological polar surface area (TPSA) is 86.9 Å². The lowest BCUT2D eigenvalue weighted by atomic mass is 9.96. The second-order valence-corrected chi connectivity index (χ2v) is 6.55. The number of para-hydroxylation sites is 1. The highest BCUT2D eigenvalue weighted by molar-refractivity contribution is 5.74. The van der Waals surface area contributed by atoms with Gasteiger partial charge < -0.3 is 23.5 Å². The number of hydrogen-bond acceptors (Lipinski definition) is 7. The Kier molecular flexibility index (Phi) is 4.50. The number of ether oxygens (including phenoxy) is 3. The number of carbonyl (C=O) groups excluding carboxylic acids is 1. The molecule has 1 aromatic heterocycles. The van der Waals surface area contributed by atoms with Gasteiger partial charge >= 0.3 is 0 Å². The highest BCUT2D eigenvalue weighted by Crippen LogP contribution is 2.38. The third-order valence-electron chi connectivity index (χ3n) is 4.74. The van der Waals surface area contributed by atoms with E-state index in [0.717, 1.165) is 23.5 Å². The van der Waals surface area contributed by atoms with Crippen molar-refractivity contribution in [3.63, 3.8) is 0 Å². The smallest absolute Gasteiger partial charge is 0.242 e. The van der Waals surface area contributed by atoms with Gasteiger partial charge in [0.1, 0.15) is 13.2 Å². The molecule has 2 aromatic rings. The van der Waals surface area contributed by atoms with Gasteiger partial charge in [0.15, 0.2) is 11.5 Å². The van der Waals surface area contributed by atoms with Gasteiger partial charge in [-0.3, -0.25) is 4.79 Å². The molecule has 0 spiro atoms. The number of nitrogens with zero attached hydrogens (tertiary/aromatic N) is 3. The number of rotatable bonds is 5. The first-order valence-electron chi connectivity index (χ1n) is 8.62. The molecule has 1 amide bonds. The molecule has 4 rings (SSSR count). The lowest BCUT2D eigenvalue weighted by molar-refractivity contribution is -0.143. The normalized spacial score (nSPS) is 19.5. The molecule has 0 bridgehead atoms. The molecule has 138 valence electrons. The lowest BCUT2D eigenvalue weighted by Gasteiger charge is -2.37. The summed E-state index contributed by atoms with van der Waals surface area (Å²) in [7, 11) is 1.63. The molecule has 1 saturated heterocycles. The number of likely N-dealkylation sites (tertiary alicyclic amines) is 1. The number of methoxy groups -OCH3 is 1. The van der Waals surface area contributed by atoms with Crippen LogP contribution in [0.1, 0.15) is 30.2 Å². The van der Waals surface area contributed by atoms with E-state index >= 15 is 0 Å². The van der Waals surface area contributed by atoms with Crippen molar-refractivity contribution in [2.45, 2.75) is 32.0 Å². The molecule has 8 nitrogen and oxygen atoms in total. The van der Waals surface area contributed by atoms with E-state index < -0.39 is 0 Å². The Hall–Kier alpha value is -2.61. The van der Waals surface area contributed by atoms with E-state index in [9.17, 15) is 4.79 Å². The van der Waals surface area contributed by atoms with Crippen molar-refractivity contribution in [3.8, 4) is 11.5 Å². The fourth-order valence-electron chi connectivity index (χ4n) is 3.19. The van der Waals surface area contributed by atoms with Crippen LogP contribution >= 0.6 is 0 Å². The van der Waals surface area contributed by atoms with Crippen molar-refractivity contribution >= 4 is 5.91 Å². The Morgan fingerprint density at radius 1 is 1.35 bits per heavy atom. The second kappa shape index (κ2) is 6.95. The average molecular weight is 359 g/mol. The summed E-state index contributed by atoms with van der Waals surface area (Å²) in [5.74, 6) is 2.59. The average Bonchev–Trinajstić information content (AvgIpc) is 3.08. The van der Waals surface area contributed by atoms with Gasteiger partial charge in [-0.05, 0) is 18.1 Å². The van der Waals surface area contributed by atoms with Crippen LogP contribution in [0.2, 0.25) is 0 Å². The molecule has 0 N–H and O–H groups in total. The molecule has 1 unspecified atom stereocenters. The Morgan fingerprint density at radius 3 is 2.96 bits per heavy atom. The maximum absolute atomic E-state index is 11.2. The largest absolute Gasteiger partial charge is 0.493 e. The fraction of sp³-hybridized carbons (Fsp3) is 0.500. The van der Waals surface area contributed by atoms with Crippen LogP contribution in [0.4, 0.5) is 0 Å². The highest BCUT2D eigenvalue weighted by Gasteiger charge is 2.30. The van der Waals surface area contributed by atoms with Crippen LogP contribution in [-0.4, -0.2) is 53.9 Å². The zero-order chi connectivity index (χ0) is 18.1. The van der Waals surface area contributed by atoms with Crippen LogP contribution in [0.5, 0.6) is 11.5 Å². The number of hydrogen-bond donors (Lipinski definition) is 0. The van der Waals surface area contributed by atoms with Gasteiger partial charge in [-0.2, -0.15) is 0 Å². The minimum absolute atomic E-state index is 0.00719. The first-order chi connectivity index (χ1) is 12.6. The number of aromatic nitrogens is 2. The Balaban J connectivity index is 1.34. The van der Waals surface area contributed by atoms with Crippen LogP contribution in [0.15, 0.2) is 22.6 Å². The zero-order valence-corrected chi connectivity index (χ0v) is 14.8. The molecule has 26 heavy (non-hydrogen) atoms. The van der Waals surface area contributed by atoms with Gasteiger partial charge in [0.2, 0.25) is 17.7 Å². The molecule has 2 aliphatic rings. The molecular formula is C18H21N3O5. The van der Waals surface area contributed by atoms with Gasteiger partial charge in [-0.25, -0.2) is 0 Å². The fourth-order valence-corrected chi connectivity index (χ4v) is 3.19. The quantitative estimate of drug-likeness (QED) is 0.800. The maximum atomic E-state index is 11.2. The number of fused-ring (bicyclic) bond motifs is 1. The molecule has 1 fully saturated rings. The lowest BCUT2D eigenvalue weighted by Crippen LogP contribution is -2.53. The van der Waals surface area contributed by atoms with Gasteiger partial charge in [-0.1, -0.05) is 12.1 Å². The molecule has 0 aliphatic carbocycles. The molecule has 8 heteroatoms. The van der Waals surface area contributed by atoms with E-state index in [0.29, 0.717) is 31.5 Å². The van der Waals surface area contributed by atoms with E-state index in [4.69, 9.17) is 18.6 Å². The molecular weight excluding hydrogens is 338 g/mol. The van der Waals surface area contributed by atoms with Gasteiger partial charge in [0.25, 0.3) is 0 Å². The predicted molar refractivity (Wildman–Crippen MR) is 90.1 cm³/mol. The second-order valence-electron chi connectivity index (χ2n) is 6.55. The van der Waals surface area contributed by atoms with Crippen molar-refractivity contribution in [1.82, 2.24) is 15.1 Å². The van der Waals surface area contributed by atoms with E-state index in [1.807, 2.05) is 18.2 Å². The summed E-state index contributed by atoms with van der Waals surface area (Å²) in [5.41, 5.74) is 1.07. The zero-order valence-electron chi connectivity index (χ0n) is 14.8. The van der Waals surface area contributed by atoms with Crippen molar-refractivity contribution in [1.29, 1.82) is 0 Å². The first-order valence-corrected chi connectivity index (χ1v) is 8.62. The number of amides is 1. The van der Waals surface area contributed by atoms with Crippen LogP contribution in [0.25, 0.3) is 0 Å². The number of benzene rings is 1. The summed E-state index contributed by atoms with van der Waals surface area (Å²) in [4.78, 5) is 12.9. The van der Waals surface area contributed by atoms with Crippen LogP contribution in [0.3, 0.4) is 0 Å². The summed E-state index contributed by atoms with van der Waals surface area (Å²) in [6.45, 7) is 3.50. The Morgan fingerprint density at radius 2 is 2.19 bits per heavy atom. The van der Waals surface area contributed by atoms with E-state index in [-0.39, 0.29) is 24.5 Å². The third-order valence-corrected chi connectivity index (χ3v) is 4.74. The molecule has 1 atom stereocenters. The third kappa shape index (κ3) is 3.24.